The fourth-order valence-electron chi connectivity index (χ4n) is 1.98. The van der Waals surface area contributed by atoms with Crippen LogP contribution in [0.2, 0.25) is 0 Å². The van der Waals surface area contributed by atoms with Crippen LogP contribution in [0.25, 0.3) is 11.6 Å². The number of rotatable bonds is 0. The van der Waals surface area contributed by atoms with Gasteiger partial charge in [0.05, 0.1) is 5.71 Å². The van der Waals surface area contributed by atoms with Crippen LogP contribution in [0.4, 0.5) is 0 Å². The highest BCUT2D eigenvalue weighted by atomic mass is 14.4. The van der Waals surface area contributed by atoms with Crippen molar-refractivity contribution in [2.75, 3.05) is 0 Å². The van der Waals surface area contributed by atoms with Crippen LogP contribution in [0, 0.1) is 5.41 Å². The molecule has 0 fully saturated rings. The molecule has 1 heteroatoms. The molecule has 3 rings (SSSR count). The third kappa shape index (κ3) is 0.867. The first-order valence-electron chi connectivity index (χ1n) is 4.65. The zero-order valence-electron chi connectivity index (χ0n) is 7.62. The van der Waals surface area contributed by atoms with Gasteiger partial charge in [0.25, 0.3) is 0 Å². The second kappa shape index (κ2) is 2.55. The van der Waals surface area contributed by atoms with Crippen LogP contribution in [-0.2, 0) is 0 Å². The summed E-state index contributed by atoms with van der Waals surface area (Å²) in [5.74, 6) is 0. The molecule has 1 N–H and O–H groups in total. The molecule has 0 saturated carbocycles. The first-order valence-corrected chi connectivity index (χ1v) is 4.65. The molecule has 2 aliphatic carbocycles. The van der Waals surface area contributed by atoms with Gasteiger partial charge in [-0.2, -0.15) is 0 Å². The Balaban J connectivity index is 2.29. The van der Waals surface area contributed by atoms with E-state index in [9.17, 15) is 0 Å². The Morgan fingerprint density at radius 1 is 1.00 bits per heavy atom. The van der Waals surface area contributed by atoms with Crippen molar-refractivity contribution in [3.8, 4) is 0 Å². The first kappa shape index (κ1) is 7.51. The molecule has 0 radical (unpaired) electrons. The predicted molar refractivity (Wildman–Crippen MR) is 59.3 cm³/mol. The molecule has 1 nitrogen and oxygen atoms in total. The van der Waals surface area contributed by atoms with E-state index in [0.29, 0.717) is 5.71 Å². The van der Waals surface area contributed by atoms with Crippen molar-refractivity contribution < 1.29 is 0 Å². The van der Waals surface area contributed by atoms with Gasteiger partial charge in [-0.25, -0.2) is 0 Å². The molecular weight excluding hydrogens is 170 g/mol. The maximum absolute atomic E-state index is 7.80. The van der Waals surface area contributed by atoms with Gasteiger partial charge in [-0.15, -0.1) is 0 Å². The van der Waals surface area contributed by atoms with Gasteiger partial charge in [0.15, 0.2) is 0 Å². The number of fused-ring (bicyclic) bond motifs is 3. The van der Waals surface area contributed by atoms with Crippen molar-refractivity contribution in [1.29, 1.82) is 5.41 Å². The van der Waals surface area contributed by atoms with Gasteiger partial charge >= 0.3 is 0 Å². The lowest BCUT2D eigenvalue weighted by atomic mass is 9.96. The van der Waals surface area contributed by atoms with E-state index < -0.39 is 0 Å². The Morgan fingerprint density at radius 2 is 1.86 bits per heavy atom. The van der Waals surface area contributed by atoms with E-state index in [4.69, 9.17) is 5.41 Å². The number of benzene rings is 1. The molecule has 0 aliphatic heterocycles. The van der Waals surface area contributed by atoms with Crippen molar-refractivity contribution in [3.05, 3.63) is 59.2 Å². The van der Waals surface area contributed by atoms with Gasteiger partial charge < -0.3 is 5.41 Å². The highest BCUT2D eigenvalue weighted by Crippen LogP contribution is 2.37. The van der Waals surface area contributed by atoms with Crippen LogP contribution < -0.4 is 0 Å². The molecule has 0 aromatic heterocycles. The molecule has 14 heavy (non-hydrogen) atoms. The third-order valence-corrected chi connectivity index (χ3v) is 2.66. The summed E-state index contributed by atoms with van der Waals surface area (Å²) in [4.78, 5) is 0. The number of allylic oxidation sites excluding steroid dienone is 5. The van der Waals surface area contributed by atoms with Crippen LogP contribution in [0.3, 0.4) is 0 Å². The fraction of sp³-hybridized carbons (Fsp3) is 0. The largest absolute Gasteiger partial charge is 0.300 e. The van der Waals surface area contributed by atoms with Crippen molar-refractivity contribution in [2.45, 2.75) is 0 Å². The van der Waals surface area contributed by atoms with Gasteiger partial charge in [-0.05, 0) is 28.9 Å². The van der Waals surface area contributed by atoms with E-state index in [1.54, 1.807) is 0 Å². The maximum Gasteiger partial charge on any atom is 0.0618 e. The quantitative estimate of drug-likeness (QED) is 0.633. The Morgan fingerprint density at radius 3 is 2.79 bits per heavy atom. The summed E-state index contributed by atoms with van der Waals surface area (Å²) in [5.41, 5.74) is 5.32. The van der Waals surface area contributed by atoms with Crippen LogP contribution in [0.5, 0.6) is 0 Å². The topological polar surface area (TPSA) is 23.9 Å². The summed E-state index contributed by atoms with van der Waals surface area (Å²) in [5, 5.41) is 7.80. The molecule has 1 aromatic rings. The molecule has 0 unspecified atom stereocenters. The monoisotopic (exact) mass is 179 g/mol. The van der Waals surface area contributed by atoms with Gasteiger partial charge in [0.1, 0.15) is 0 Å². The van der Waals surface area contributed by atoms with Crippen LogP contribution in [-0.4, -0.2) is 5.71 Å². The van der Waals surface area contributed by atoms with Gasteiger partial charge in [0, 0.05) is 5.57 Å². The van der Waals surface area contributed by atoms with E-state index in [1.807, 2.05) is 24.3 Å². The molecule has 1 aromatic carbocycles. The third-order valence-electron chi connectivity index (χ3n) is 2.66. The Labute approximate surface area is 82.6 Å². The standard InChI is InChI=1S/C13H9N/c14-13-7-3-6-11-10-5-2-1-4-9(10)8-12(11)13/h1-8,14H. The van der Waals surface area contributed by atoms with Crippen LogP contribution in [0.1, 0.15) is 11.1 Å². The summed E-state index contributed by atoms with van der Waals surface area (Å²) in [6.07, 6.45) is 7.95. The number of hydrogen-bond acceptors (Lipinski definition) is 1. The van der Waals surface area contributed by atoms with E-state index in [1.165, 1.54) is 16.7 Å². The lowest BCUT2D eigenvalue weighted by Crippen LogP contribution is -1.99. The molecule has 2 aliphatic rings. The van der Waals surface area contributed by atoms with Gasteiger partial charge in [-0.3, -0.25) is 0 Å². The zero-order valence-corrected chi connectivity index (χ0v) is 7.62. The fourth-order valence-corrected chi connectivity index (χ4v) is 1.98. The van der Waals surface area contributed by atoms with Gasteiger partial charge in [-0.1, -0.05) is 36.4 Å². The number of nitrogens with one attached hydrogen (secondary N) is 1. The second-order valence-corrected chi connectivity index (χ2v) is 3.50. The highest BCUT2D eigenvalue weighted by molar-refractivity contribution is 6.24. The van der Waals surface area contributed by atoms with E-state index in [0.717, 1.165) is 5.57 Å². The maximum atomic E-state index is 7.80. The highest BCUT2D eigenvalue weighted by Gasteiger charge is 2.21. The minimum absolute atomic E-state index is 0.610. The van der Waals surface area contributed by atoms with E-state index >= 15 is 0 Å². The van der Waals surface area contributed by atoms with Crippen LogP contribution in [0.15, 0.2) is 48.1 Å². The molecule has 0 atom stereocenters. The Bertz CT molecular complexity index is 516. The lowest BCUT2D eigenvalue weighted by Gasteiger charge is -2.08. The molecule has 66 valence electrons. The van der Waals surface area contributed by atoms with Crippen molar-refractivity contribution in [3.63, 3.8) is 0 Å². The van der Waals surface area contributed by atoms with E-state index in [-0.39, 0.29) is 0 Å². The smallest absolute Gasteiger partial charge is 0.0618 e. The summed E-state index contributed by atoms with van der Waals surface area (Å²) in [6.45, 7) is 0. The average molecular weight is 179 g/mol. The first-order chi connectivity index (χ1) is 6.86. The average Bonchev–Trinajstić information content (AvgIpc) is 2.59. The summed E-state index contributed by atoms with van der Waals surface area (Å²) >= 11 is 0. The van der Waals surface area contributed by atoms with Crippen molar-refractivity contribution >= 4 is 17.4 Å². The molecule has 0 heterocycles. The van der Waals surface area contributed by atoms with Crippen molar-refractivity contribution in [1.82, 2.24) is 0 Å². The summed E-state index contributed by atoms with van der Waals surface area (Å²) in [7, 11) is 0. The second-order valence-electron chi connectivity index (χ2n) is 3.50. The Hall–Kier alpha value is -1.89. The minimum atomic E-state index is 0.610. The van der Waals surface area contributed by atoms with Crippen LogP contribution >= 0.6 is 0 Å². The SMILES string of the molecule is N=C1C=CC=C2C1=Cc1ccccc12. The molecule has 0 amide bonds. The minimum Gasteiger partial charge on any atom is -0.300 e. The van der Waals surface area contributed by atoms with E-state index in [2.05, 4.69) is 24.3 Å². The Kier molecular flexibility index (Phi) is 1.37. The summed E-state index contributed by atoms with van der Waals surface area (Å²) < 4.78 is 0. The molecular formula is C13H9N. The normalized spacial score (nSPS) is 17.3. The number of hydrogen-bond donors (Lipinski definition) is 1. The van der Waals surface area contributed by atoms with Gasteiger partial charge in [0.2, 0.25) is 0 Å². The predicted octanol–water partition coefficient (Wildman–Crippen LogP) is 3.06. The zero-order chi connectivity index (χ0) is 9.54. The molecule has 0 spiro atoms. The molecule has 0 bridgehead atoms. The molecule has 0 saturated heterocycles. The lowest BCUT2D eigenvalue weighted by molar-refractivity contribution is 1.51. The summed E-state index contributed by atoms with van der Waals surface area (Å²) in [6, 6.07) is 8.27. The van der Waals surface area contributed by atoms with Crippen molar-refractivity contribution in [2.24, 2.45) is 0 Å².